The van der Waals surface area contributed by atoms with Gasteiger partial charge in [0.1, 0.15) is 12.1 Å². The van der Waals surface area contributed by atoms with E-state index >= 15 is 0 Å². The van der Waals surface area contributed by atoms with Gasteiger partial charge in [0.25, 0.3) is 0 Å². The van der Waals surface area contributed by atoms with Crippen molar-refractivity contribution in [2.24, 2.45) is 5.92 Å². The Labute approximate surface area is 178 Å². The fraction of sp³-hybridized carbons (Fsp3) is 0.318. The van der Waals surface area contributed by atoms with E-state index in [9.17, 15) is 14.4 Å². The summed E-state index contributed by atoms with van der Waals surface area (Å²) in [6.45, 7) is 0.884. The lowest BCUT2D eigenvalue weighted by atomic mass is 9.67. The van der Waals surface area contributed by atoms with E-state index in [-0.39, 0.29) is 5.91 Å². The van der Waals surface area contributed by atoms with Gasteiger partial charge in [-0.15, -0.1) is 0 Å². The second kappa shape index (κ2) is 6.74. The van der Waals surface area contributed by atoms with Crippen LogP contribution in [0.5, 0.6) is 0 Å². The Balaban J connectivity index is 1.59. The summed E-state index contributed by atoms with van der Waals surface area (Å²) >= 11 is 6.40. The number of carbonyl (C=O) groups is 3. The zero-order chi connectivity index (χ0) is 21.0. The largest absolute Gasteiger partial charge is 0.452 e. The Morgan fingerprint density at radius 1 is 1.17 bits per heavy atom. The fourth-order valence-corrected chi connectivity index (χ4v) is 5.40. The van der Waals surface area contributed by atoms with Gasteiger partial charge in [-0.2, -0.15) is 0 Å². The predicted molar refractivity (Wildman–Crippen MR) is 110 cm³/mol. The molecule has 5 rings (SSSR count). The van der Waals surface area contributed by atoms with E-state index in [2.05, 4.69) is 5.32 Å². The molecule has 3 aliphatic heterocycles. The Morgan fingerprint density at radius 2 is 1.93 bits per heavy atom. The lowest BCUT2D eigenvalue weighted by molar-refractivity contribution is -0.147. The van der Waals surface area contributed by atoms with E-state index in [1.807, 2.05) is 42.5 Å². The Hall–Kier alpha value is -3.06. The number of hydrogen-bond acceptors (Lipinski definition) is 5. The molecule has 0 bridgehead atoms. The minimum Gasteiger partial charge on any atom is -0.452 e. The van der Waals surface area contributed by atoms with Gasteiger partial charge in [-0.25, -0.2) is 9.69 Å². The molecule has 3 atom stereocenters. The van der Waals surface area contributed by atoms with Crippen LogP contribution in [0.1, 0.15) is 17.5 Å². The van der Waals surface area contributed by atoms with Gasteiger partial charge in [0.2, 0.25) is 11.8 Å². The fourth-order valence-electron chi connectivity index (χ4n) is 5.18. The molecule has 2 saturated heterocycles. The van der Waals surface area contributed by atoms with Gasteiger partial charge in [0.15, 0.2) is 0 Å². The van der Waals surface area contributed by atoms with Crippen molar-refractivity contribution in [3.63, 3.8) is 0 Å². The number of anilines is 1. The van der Waals surface area contributed by atoms with Gasteiger partial charge < -0.3 is 15.0 Å². The molecule has 2 aromatic rings. The standard InChI is InChI=1S/C22H20ClN3O4/c1-30-21(29)26-19(28)16-18(27)25(12-13-6-3-2-4-7-13)11-10-22(16)14-8-5-9-15(23)17(14)24-20(22)26/h2-9,16,20,24H,10-12H2,1H3/t16-,20-,22+/m0/s1. The highest BCUT2D eigenvalue weighted by molar-refractivity contribution is 6.33. The number of likely N-dealkylation sites (tertiary alicyclic amines) is 2. The quantitative estimate of drug-likeness (QED) is 0.748. The molecule has 3 amide bonds. The molecule has 2 aromatic carbocycles. The number of piperidine rings is 1. The van der Waals surface area contributed by atoms with Crippen LogP contribution in [0.25, 0.3) is 0 Å². The maximum absolute atomic E-state index is 13.6. The first-order chi connectivity index (χ1) is 14.5. The van der Waals surface area contributed by atoms with Gasteiger partial charge in [0.05, 0.1) is 23.2 Å². The highest BCUT2D eigenvalue weighted by Crippen LogP contribution is 2.57. The van der Waals surface area contributed by atoms with Crippen LogP contribution in [0.2, 0.25) is 5.02 Å². The second-order valence-electron chi connectivity index (χ2n) is 7.86. The molecular weight excluding hydrogens is 406 g/mol. The molecule has 1 spiro atoms. The third kappa shape index (κ3) is 2.41. The summed E-state index contributed by atoms with van der Waals surface area (Å²) in [6.07, 6.45) is -0.960. The first-order valence-electron chi connectivity index (χ1n) is 9.78. The van der Waals surface area contributed by atoms with Crippen LogP contribution in [-0.4, -0.2) is 47.5 Å². The number of imide groups is 1. The van der Waals surface area contributed by atoms with Crippen molar-refractivity contribution in [3.05, 3.63) is 64.7 Å². The number of ether oxygens (including phenoxy) is 1. The number of benzene rings is 2. The maximum Gasteiger partial charge on any atom is 0.418 e. The van der Waals surface area contributed by atoms with Gasteiger partial charge in [-0.05, 0) is 23.6 Å². The number of rotatable bonds is 2. The number of fused-ring (bicyclic) bond motifs is 1. The van der Waals surface area contributed by atoms with Gasteiger partial charge in [0, 0.05) is 13.1 Å². The summed E-state index contributed by atoms with van der Waals surface area (Å²) in [5, 5.41) is 3.73. The molecule has 0 radical (unpaired) electrons. The number of nitrogens with zero attached hydrogens (tertiary/aromatic N) is 2. The molecule has 1 N–H and O–H groups in total. The lowest BCUT2D eigenvalue weighted by Crippen LogP contribution is -2.55. The number of para-hydroxylation sites is 1. The van der Waals surface area contributed by atoms with E-state index in [1.165, 1.54) is 7.11 Å². The predicted octanol–water partition coefficient (Wildman–Crippen LogP) is 2.99. The molecule has 154 valence electrons. The molecule has 0 aliphatic carbocycles. The molecule has 2 fully saturated rings. The summed E-state index contributed by atoms with van der Waals surface area (Å²) in [5.74, 6) is -1.82. The zero-order valence-corrected chi connectivity index (χ0v) is 17.1. The van der Waals surface area contributed by atoms with E-state index in [4.69, 9.17) is 16.3 Å². The van der Waals surface area contributed by atoms with Crippen molar-refractivity contribution < 1.29 is 19.1 Å². The van der Waals surface area contributed by atoms with E-state index in [1.54, 1.807) is 11.0 Å². The van der Waals surface area contributed by atoms with Crippen molar-refractivity contribution in [2.45, 2.75) is 24.5 Å². The summed E-state index contributed by atoms with van der Waals surface area (Å²) in [7, 11) is 1.23. The van der Waals surface area contributed by atoms with Crippen molar-refractivity contribution in [1.82, 2.24) is 9.80 Å². The SMILES string of the molecule is COC(=O)N1C(=O)[C@@H]2C(=O)N(Cc3ccccc3)CC[C@@]23c2cccc(Cl)c2N[C@@H]13. The topological polar surface area (TPSA) is 79.0 Å². The van der Waals surface area contributed by atoms with Gasteiger partial charge in [-0.3, -0.25) is 9.59 Å². The van der Waals surface area contributed by atoms with E-state index in [0.29, 0.717) is 30.2 Å². The number of carbonyl (C=O) groups excluding carboxylic acids is 3. The Bertz CT molecular complexity index is 1060. The average molecular weight is 426 g/mol. The molecule has 0 aromatic heterocycles. The number of methoxy groups -OCH3 is 1. The number of halogens is 1. The summed E-state index contributed by atoms with van der Waals surface area (Å²) in [4.78, 5) is 42.2. The summed E-state index contributed by atoms with van der Waals surface area (Å²) in [6, 6.07) is 15.1. The highest BCUT2D eigenvalue weighted by atomic mass is 35.5. The normalized spacial score (nSPS) is 26.7. The molecule has 3 heterocycles. The Morgan fingerprint density at radius 3 is 2.67 bits per heavy atom. The molecule has 0 saturated carbocycles. The molecule has 30 heavy (non-hydrogen) atoms. The first kappa shape index (κ1) is 18.9. The van der Waals surface area contributed by atoms with Crippen LogP contribution in [-0.2, 0) is 26.3 Å². The van der Waals surface area contributed by atoms with Gasteiger partial charge in [-0.1, -0.05) is 54.1 Å². The third-order valence-corrected chi connectivity index (χ3v) is 6.80. The molecule has 3 aliphatic rings. The average Bonchev–Trinajstić information content (AvgIpc) is 3.19. The minimum atomic E-state index is -1.01. The van der Waals surface area contributed by atoms with Crippen LogP contribution in [0.3, 0.4) is 0 Å². The number of amides is 3. The minimum absolute atomic E-state index is 0.277. The number of hydrogen-bond donors (Lipinski definition) is 1. The van der Waals surface area contributed by atoms with Crippen molar-refractivity contribution >= 4 is 35.2 Å². The molecule has 7 nitrogen and oxygen atoms in total. The van der Waals surface area contributed by atoms with E-state index < -0.39 is 29.5 Å². The van der Waals surface area contributed by atoms with Crippen LogP contribution >= 0.6 is 11.6 Å². The molecular formula is C22H20ClN3O4. The highest BCUT2D eigenvalue weighted by Gasteiger charge is 2.70. The second-order valence-corrected chi connectivity index (χ2v) is 8.26. The monoisotopic (exact) mass is 425 g/mol. The smallest absolute Gasteiger partial charge is 0.418 e. The van der Waals surface area contributed by atoms with Crippen LogP contribution < -0.4 is 5.32 Å². The van der Waals surface area contributed by atoms with Crippen molar-refractivity contribution in [3.8, 4) is 0 Å². The van der Waals surface area contributed by atoms with Crippen molar-refractivity contribution in [2.75, 3.05) is 19.0 Å². The van der Waals surface area contributed by atoms with E-state index in [0.717, 1.165) is 16.0 Å². The third-order valence-electron chi connectivity index (χ3n) is 6.48. The summed E-state index contributed by atoms with van der Waals surface area (Å²) < 4.78 is 4.87. The van der Waals surface area contributed by atoms with Crippen LogP contribution in [0.4, 0.5) is 10.5 Å². The number of nitrogens with one attached hydrogen (secondary N) is 1. The zero-order valence-electron chi connectivity index (χ0n) is 16.3. The van der Waals surface area contributed by atoms with Crippen molar-refractivity contribution in [1.29, 1.82) is 0 Å². The summed E-state index contributed by atoms with van der Waals surface area (Å²) in [5.41, 5.74) is 1.59. The van der Waals surface area contributed by atoms with Crippen LogP contribution in [0, 0.1) is 5.92 Å². The Kier molecular flexibility index (Phi) is 4.25. The lowest BCUT2D eigenvalue weighted by Gasteiger charge is -2.41. The molecule has 0 unspecified atom stereocenters. The maximum atomic E-state index is 13.6. The molecule has 8 heteroatoms. The van der Waals surface area contributed by atoms with Crippen LogP contribution in [0.15, 0.2) is 48.5 Å². The first-order valence-corrected chi connectivity index (χ1v) is 10.2. The van der Waals surface area contributed by atoms with Gasteiger partial charge >= 0.3 is 6.09 Å².